The Morgan fingerprint density at radius 1 is 0.914 bits per heavy atom. The van der Waals surface area contributed by atoms with Gasteiger partial charge in [-0.3, -0.25) is 24.3 Å². The quantitative estimate of drug-likeness (QED) is 0.0454. The summed E-state index contributed by atoms with van der Waals surface area (Å²) in [6, 6.07) is 14.5. The van der Waals surface area contributed by atoms with Crippen molar-refractivity contribution in [1.29, 1.82) is 0 Å². The molecule has 5 bridgehead atoms. The fourth-order valence-electron chi connectivity index (χ4n) is 9.46. The van der Waals surface area contributed by atoms with Crippen LogP contribution >= 0.6 is 11.3 Å². The van der Waals surface area contributed by atoms with Gasteiger partial charge < -0.3 is 49.8 Å². The molecule has 4 aliphatic rings. The van der Waals surface area contributed by atoms with Gasteiger partial charge in [0.25, 0.3) is 11.7 Å². The molecule has 0 aliphatic carbocycles. The minimum Gasteiger partial charge on any atom is -0.507 e. The van der Waals surface area contributed by atoms with E-state index >= 15 is 0 Å². The Morgan fingerprint density at radius 3 is 2.29 bits per heavy atom. The second-order valence-electron chi connectivity index (χ2n) is 18.7. The lowest BCUT2D eigenvalue weighted by molar-refractivity contribution is -0.160. The van der Waals surface area contributed by atoms with Gasteiger partial charge in [-0.25, -0.2) is 0 Å². The highest BCUT2D eigenvalue weighted by molar-refractivity contribution is 7.15. The first-order valence-corrected chi connectivity index (χ1v) is 24.3. The molecule has 70 heavy (non-hydrogen) atoms. The maximum atomic E-state index is 14.6. The highest BCUT2D eigenvalue weighted by Gasteiger charge is 2.50. The first kappa shape index (κ1) is 51.6. The second-order valence-corrected chi connectivity index (χ2v) is 19.9. The number of ether oxygens (including phenoxy) is 4. The zero-order chi connectivity index (χ0) is 50.8. The van der Waals surface area contributed by atoms with Crippen LogP contribution in [0.4, 0.5) is 5.69 Å². The minimum absolute atomic E-state index is 0.0506. The third kappa shape index (κ3) is 10.4. The average Bonchev–Trinajstić information content (AvgIpc) is 3.92. The number of phenolic OH excluding ortho intramolecular Hbond substituents is 3. The third-order valence-corrected chi connectivity index (χ3v) is 15.0. The number of hydrogen-bond donors (Lipinski definition) is 6. The number of phenols is 3. The summed E-state index contributed by atoms with van der Waals surface area (Å²) >= 11 is 1.75. The van der Waals surface area contributed by atoms with Gasteiger partial charge in [-0.1, -0.05) is 76.3 Å². The molecule has 8 rings (SSSR count). The topological polar surface area (TPSA) is 220 Å². The van der Waals surface area contributed by atoms with Gasteiger partial charge in [-0.15, -0.1) is 11.3 Å². The van der Waals surface area contributed by atoms with Crippen molar-refractivity contribution in [2.24, 2.45) is 28.8 Å². The predicted octanol–water partition coefficient (Wildman–Crippen LogP) is 7.63. The number of nitrogens with one attached hydrogen (secondary N) is 1. The van der Waals surface area contributed by atoms with Crippen LogP contribution in [0.3, 0.4) is 0 Å². The fraction of sp³-hybridized carbons (Fsp3) is 0.434. The lowest BCUT2D eigenvalue weighted by atomic mass is 9.78. The van der Waals surface area contributed by atoms with Crippen LogP contribution in [-0.2, 0) is 30.3 Å². The maximum absolute atomic E-state index is 14.6. The molecule has 9 atom stereocenters. The number of esters is 1. The first-order chi connectivity index (χ1) is 33.3. The highest BCUT2D eigenvalue weighted by Crippen LogP contribution is 2.55. The van der Waals surface area contributed by atoms with Crippen molar-refractivity contribution in [3.05, 3.63) is 100 Å². The molecule has 1 amide bonds. The highest BCUT2D eigenvalue weighted by atomic mass is 32.1. The molecule has 17 heteroatoms. The standard InChI is InChI=1S/C53H64N4O12S/c1-28-14-13-15-29(2)52(65)55-43-37(26-54-57-23-21-56(22-24-57)27-36-18-19-39(70-36)35-16-11-10-12-17-35)47(62)40-41(48(43)63)46(61)33(6)50-42(40)51(64)53(8,69-50)67-25-20-38(66-9)30(3)49(68-34(7)58)32(5)45(60)31(4)44(28)59/h10-20,25-26,28,30-32,38,44-45,49,59-63H,21-24,27H2,1-9H3,(H,55,65)/b14-13+,25-20+,29-15-,54-26+/t28-,30+,31+,32+,38-,44-,45+,49+,53-/m0/s1. The molecule has 1 saturated heterocycles. The Balaban J connectivity index is 1.27. The number of methoxy groups -OCH3 is 1. The molecular formula is C53H64N4O12S. The number of nitrogens with zero attached hydrogens (tertiary/aromatic N) is 3. The molecule has 374 valence electrons. The minimum atomic E-state index is -2.06. The number of hydrogen-bond acceptors (Lipinski definition) is 16. The number of thiophene rings is 1. The first-order valence-electron chi connectivity index (χ1n) is 23.5. The number of Topliss-reactive ketones (excluding diaryl/α,β-unsaturated/α-hetero) is 1. The van der Waals surface area contributed by atoms with Crippen molar-refractivity contribution in [3.8, 4) is 33.4 Å². The smallest absolute Gasteiger partial charge is 0.312 e. The van der Waals surface area contributed by atoms with E-state index in [1.54, 1.807) is 51.2 Å². The van der Waals surface area contributed by atoms with Crippen LogP contribution in [-0.4, -0.2) is 123 Å². The fourth-order valence-corrected chi connectivity index (χ4v) is 10.5. The lowest BCUT2D eigenvalue weighted by Gasteiger charge is -2.38. The summed E-state index contributed by atoms with van der Waals surface area (Å²) in [7, 11) is 1.44. The molecule has 0 radical (unpaired) electrons. The molecule has 4 aliphatic heterocycles. The number of piperazine rings is 1. The van der Waals surface area contributed by atoms with Gasteiger partial charge in [0.1, 0.15) is 23.4 Å². The van der Waals surface area contributed by atoms with Crippen LogP contribution in [0.25, 0.3) is 21.2 Å². The SMILES string of the molecule is CO[C@H]1/C=C/O[C@@]2(C)Oc3c(C)c(O)c4c(O)c(c(/C=N/N5CCN(Cc6ccc(-c7ccccc7)s6)CC5)c(O)c4c3C2=O)NC(=O)/C(C)=C\C=C\[C@H](C)[C@H](O)[C@@H](C)[C@@H](O)[C@@H](C)[C@H](OC(C)=O)[C@@H]1C. The summed E-state index contributed by atoms with van der Waals surface area (Å²) in [5, 5.41) is 67.9. The number of ketones is 1. The van der Waals surface area contributed by atoms with Crippen molar-refractivity contribution >= 4 is 51.7 Å². The number of aliphatic hydroxyl groups excluding tert-OH is 2. The van der Waals surface area contributed by atoms with E-state index in [-0.39, 0.29) is 44.5 Å². The maximum Gasteiger partial charge on any atom is 0.312 e. The van der Waals surface area contributed by atoms with Crippen LogP contribution in [0, 0.1) is 30.6 Å². The van der Waals surface area contributed by atoms with E-state index < -0.39 is 88.8 Å². The van der Waals surface area contributed by atoms with Crippen molar-refractivity contribution < 1.29 is 58.9 Å². The van der Waals surface area contributed by atoms with Gasteiger partial charge in [-0.05, 0) is 37.6 Å². The lowest BCUT2D eigenvalue weighted by Crippen LogP contribution is -2.46. The van der Waals surface area contributed by atoms with Crippen LogP contribution in [0.5, 0.6) is 23.0 Å². The van der Waals surface area contributed by atoms with Crippen LogP contribution in [0.1, 0.15) is 74.8 Å². The monoisotopic (exact) mass is 980 g/mol. The zero-order valence-electron chi connectivity index (χ0n) is 41.0. The summed E-state index contributed by atoms with van der Waals surface area (Å²) < 4.78 is 23.8. The molecular weight excluding hydrogens is 917 g/mol. The van der Waals surface area contributed by atoms with Crippen LogP contribution in [0.15, 0.2) is 83.7 Å². The second kappa shape index (κ2) is 21.4. The number of rotatable bonds is 7. The van der Waals surface area contributed by atoms with E-state index in [2.05, 4.69) is 34.5 Å². The Bertz CT molecular complexity index is 2730. The van der Waals surface area contributed by atoms with Crippen molar-refractivity contribution in [2.45, 2.75) is 92.1 Å². The van der Waals surface area contributed by atoms with E-state index in [1.807, 2.05) is 23.2 Å². The Morgan fingerprint density at radius 2 is 1.61 bits per heavy atom. The van der Waals surface area contributed by atoms with E-state index in [1.165, 1.54) is 74.8 Å². The normalized spacial score (nSPS) is 28.8. The number of aliphatic hydroxyl groups is 2. The summed E-state index contributed by atoms with van der Waals surface area (Å²) in [6.45, 7) is 15.7. The van der Waals surface area contributed by atoms with E-state index in [9.17, 15) is 39.9 Å². The van der Waals surface area contributed by atoms with E-state index in [4.69, 9.17) is 24.0 Å². The predicted molar refractivity (Wildman–Crippen MR) is 268 cm³/mol. The molecule has 6 N–H and O–H groups in total. The van der Waals surface area contributed by atoms with Crippen LogP contribution in [0.2, 0.25) is 0 Å². The number of carbonyl (C=O) groups excluding carboxylic acids is 3. The number of carbonyl (C=O) groups is 3. The molecule has 0 unspecified atom stereocenters. The van der Waals surface area contributed by atoms with Gasteiger partial charge in [0, 0.05) is 104 Å². The molecule has 3 aromatic carbocycles. The Hall–Kier alpha value is -6.24. The summed E-state index contributed by atoms with van der Waals surface area (Å²) in [4.78, 5) is 45.8. The molecule has 5 heterocycles. The van der Waals surface area contributed by atoms with Crippen molar-refractivity contribution in [1.82, 2.24) is 9.91 Å². The molecule has 16 nitrogen and oxygen atoms in total. The van der Waals surface area contributed by atoms with Gasteiger partial charge in [0.15, 0.2) is 5.75 Å². The molecule has 0 spiro atoms. The Kier molecular flexibility index (Phi) is 15.8. The summed E-state index contributed by atoms with van der Waals surface area (Å²) in [5.74, 6) is -8.45. The number of fused-ring (bicyclic) bond motifs is 14. The number of allylic oxidation sites excluding steroid dienone is 2. The molecule has 4 aromatic rings. The van der Waals surface area contributed by atoms with E-state index in [0.717, 1.165) is 6.54 Å². The van der Waals surface area contributed by atoms with Crippen molar-refractivity contribution in [3.63, 3.8) is 0 Å². The Labute approximate surface area is 412 Å². The van der Waals surface area contributed by atoms with Crippen molar-refractivity contribution in [2.75, 3.05) is 38.6 Å². The number of amides is 1. The average molecular weight is 981 g/mol. The number of anilines is 1. The van der Waals surface area contributed by atoms with Gasteiger partial charge in [-0.2, -0.15) is 5.10 Å². The molecule has 0 saturated carbocycles. The zero-order valence-corrected chi connectivity index (χ0v) is 41.8. The third-order valence-electron chi connectivity index (χ3n) is 13.8. The van der Waals surface area contributed by atoms with Gasteiger partial charge in [0.05, 0.1) is 53.0 Å². The number of hydrazone groups is 1. The summed E-state index contributed by atoms with van der Waals surface area (Å²) in [6.07, 6.45) is 4.87. The van der Waals surface area contributed by atoms with Gasteiger partial charge in [0.2, 0.25) is 0 Å². The molecule has 1 aromatic heterocycles. The van der Waals surface area contributed by atoms with Gasteiger partial charge >= 0.3 is 11.8 Å². The number of aromatic hydroxyl groups is 3. The van der Waals surface area contributed by atoms with E-state index in [0.29, 0.717) is 26.2 Å². The summed E-state index contributed by atoms with van der Waals surface area (Å²) in [5.41, 5.74) is 0.786. The number of benzene rings is 3. The van der Waals surface area contributed by atoms with Crippen LogP contribution < -0.4 is 10.1 Å². The molecule has 1 fully saturated rings. The largest absolute Gasteiger partial charge is 0.507 e.